The summed E-state index contributed by atoms with van der Waals surface area (Å²) in [4.78, 5) is 27.1. The highest BCUT2D eigenvalue weighted by atomic mass is 32.1. The molecule has 1 saturated heterocycles. The van der Waals surface area contributed by atoms with Gasteiger partial charge in [0.1, 0.15) is 5.01 Å². The molecule has 0 radical (unpaired) electrons. The summed E-state index contributed by atoms with van der Waals surface area (Å²) in [6.07, 6.45) is 0.828. The van der Waals surface area contributed by atoms with E-state index in [1.165, 1.54) is 16.2 Å². The molecule has 7 nitrogen and oxygen atoms in total. The van der Waals surface area contributed by atoms with Crippen molar-refractivity contribution in [3.8, 4) is 0 Å². The van der Waals surface area contributed by atoms with Crippen molar-refractivity contribution in [1.29, 1.82) is 0 Å². The molecule has 8 heteroatoms. The number of anilines is 2. The van der Waals surface area contributed by atoms with E-state index in [2.05, 4.69) is 20.4 Å². The summed E-state index contributed by atoms with van der Waals surface area (Å²) in [6, 6.07) is 7.73. The quantitative estimate of drug-likeness (QED) is 0.726. The fourth-order valence-electron chi connectivity index (χ4n) is 3.00. The Morgan fingerprint density at radius 1 is 1.19 bits per heavy atom. The van der Waals surface area contributed by atoms with Crippen LogP contribution in [0.4, 0.5) is 10.8 Å². The fraction of sp³-hybridized carbons (Fsp3) is 0.444. The molecule has 1 aliphatic rings. The molecule has 1 amide bonds. The van der Waals surface area contributed by atoms with Crippen molar-refractivity contribution < 1.29 is 14.5 Å². The van der Waals surface area contributed by atoms with Crippen LogP contribution in [0, 0.1) is 0 Å². The average molecular weight is 374 g/mol. The highest BCUT2D eigenvalue weighted by Crippen LogP contribution is 2.16. The third-order valence-corrected chi connectivity index (χ3v) is 5.52. The molecule has 3 rings (SSSR count). The Kier molecular flexibility index (Phi) is 5.95. The van der Waals surface area contributed by atoms with Gasteiger partial charge in [-0.05, 0) is 37.6 Å². The molecule has 0 spiro atoms. The number of nitrogens with one attached hydrogen (secondary N) is 2. The van der Waals surface area contributed by atoms with Gasteiger partial charge < -0.3 is 9.80 Å². The number of carbonyl (C=O) groups is 2. The monoisotopic (exact) mass is 374 g/mol. The zero-order chi connectivity index (χ0) is 18.5. The van der Waals surface area contributed by atoms with Crippen LogP contribution in [0.15, 0.2) is 24.3 Å². The maximum atomic E-state index is 12.2. The second-order valence-corrected chi connectivity index (χ2v) is 7.48. The van der Waals surface area contributed by atoms with Crippen LogP contribution in [-0.4, -0.2) is 54.6 Å². The number of rotatable bonds is 6. The van der Waals surface area contributed by atoms with Gasteiger partial charge in [0.15, 0.2) is 12.3 Å². The molecule has 0 unspecified atom stereocenters. The second kappa shape index (κ2) is 8.37. The smallest absolute Gasteiger partial charge is 0.281 e. The van der Waals surface area contributed by atoms with Gasteiger partial charge >= 0.3 is 0 Å². The molecular weight excluding hydrogens is 350 g/mol. The van der Waals surface area contributed by atoms with Crippen LogP contribution in [-0.2, 0) is 11.2 Å². The van der Waals surface area contributed by atoms with Gasteiger partial charge in [-0.2, -0.15) is 0 Å². The lowest BCUT2D eigenvalue weighted by Crippen LogP contribution is -3.15. The maximum Gasteiger partial charge on any atom is 0.281 e. The number of amides is 1. The molecule has 2 aromatic rings. The van der Waals surface area contributed by atoms with Crippen molar-refractivity contribution in [3.05, 3.63) is 34.8 Å². The number of aryl methyl sites for hydroxylation is 1. The van der Waals surface area contributed by atoms with E-state index in [0.717, 1.165) is 48.9 Å². The number of aromatic nitrogens is 2. The summed E-state index contributed by atoms with van der Waals surface area (Å²) in [5, 5.41) is 12.4. The summed E-state index contributed by atoms with van der Waals surface area (Å²) < 4.78 is 0. The zero-order valence-electron chi connectivity index (χ0n) is 15.1. The lowest BCUT2D eigenvalue weighted by molar-refractivity contribution is -0.892. The summed E-state index contributed by atoms with van der Waals surface area (Å²) in [5.41, 5.74) is 1.86. The van der Waals surface area contributed by atoms with Gasteiger partial charge in [-0.25, -0.2) is 0 Å². The van der Waals surface area contributed by atoms with Crippen LogP contribution in [0.2, 0.25) is 0 Å². The summed E-state index contributed by atoms with van der Waals surface area (Å²) in [5.74, 6) is 0.0661. The molecular formula is C18H24N5O2S+. The van der Waals surface area contributed by atoms with Gasteiger partial charge in [-0.1, -0.05) is 18.3 Å². The first-order valence-corrected chi connectivity index (χ1v) is 9.68. The molecule has 138 valence electrons. The Balaban J connectivity index is 1.47. The van der Waals surface area contributed by atoms with E-state index in [4.69, 9.17) is 0 Å². The summed E-state index contributed by atoms with van der Waals surface area (Å²) >= 11 is 1.43. The number of Topliss-reactive ketones (excluding diaryl/α,β-unsaturated/α-hetero) is 1. The highest BCUT2D eigenvalue weighted by Gasteiger charge is 2.23. The van der Waals surface area contributed by atoms with Crippen molar-refractivity contribution in [2.24, 2.45) is 0 Å². The van der Waals surface area contributed by atoms with Crippen molar-refractivity contribution >= 4 is 33.8 Å². The standard InChI is InChI=1S/C18H23N5O2S/c1-3-17-20-21-18(26-17)19-16(25)12-22-8-10-23(11-9-22)15-6-4-14(5-7-15)13(2)24/h4-7H,3,8-12H2,1-2H3,(H,19,21,25)/p+1. The number of hydrogen-bond donors (Lipinski definition) is 2. The van der Waals surface area contributed by atoms with Crippen LogP contribution in [0.3, 0.4) is 0 Å². The Bertz CT molecular complexity index is 766. The third-order valence-electron chi connectivity index (χ3n) is 4.54. The van der Waals surface area contributed by atoms with Gasteiger partial charge in [0, 0.05) is 11.3 Å². The highest BCUT2D eigenvalue weighted by molar-refractivity contribution is 7.15. The molecule has 26 heavy (non-hydrogen) atoms. The Labute approximate surface area is 157 Å². The molecule has 0 saturated carbocycles. The number of quaternary nitrogens is 1. The molecule has 0 bridgehead atoms. The molecule has 2 N–H and O–H groups in total. The molecule has 0 aliphatic carbocycles. The predicted octanol–water partition coefficient (Wildman–Crippen LogP) is 0.647. The molecule has 1 aromatic carbocycles. The number of hydrogen-bond acceptors (Lipinski definition) is 6. The van der Waals surface area contributed by atoms with Crippen LogP contribution < -0.4 is 15.1 Å². The molecule has 2 heterocycles. The third kappa shape index (κ3) is 4.64. The van der Waals surface area contributed by atoms with Crippen molar-refractivity contribution in [2.75, 3.05) is 42.9 Å². The predicted molar refractivity (Wildman–Crippen MR) is 102 cm³/mol. The number of nitrogens with zero attached hydrogens (tertiary/aromatic N) is 3. The Hall–Kier alpha value is -2.32. The zero-order valence-corrected chi connectivity index (χ0v) is 15.9. The SMILES string of the molecule is CCc1nnc(NC(=O)C[NH+]2CCN(c3ccc(C(C)=O)cc3)CC2)s1. The van der Waals surface area contributed by atoms with Crippen LogP contribution in [0.5, 0.6) is 0 Å². The van der Waals surface area contributed by atoms with E-state index in [0.29, 0.717) is 11.7 Å². The Morgan fingerprint density at radius 2 is 1.88 bits per heavy atom. The van der Waals surface area contributed by atoms with E-state index in [9.17, 15) is 9.59 Å². The van der Waals surface area contributed by atoms with Crippen LogP contribution in [0.25, 0.3) is 0 Å². The van der Waals surface area contributed by atoms with Gasteiger partial charge in [-0.3, -0.25) is 14.9 Å². The normalized spacial score (nSPS) is 15.1. The van der Waals surface area contributed by atoms with Gasteiger partial charge in [0.25, 0.3) is 5.91 Å². The van der Waals surface area contributed by atoms with E-state index < -0.39 is 0 Å². The molecule has 1 aliphatic heterocycles. The number of piperazine rings is 1. The largest absolute Gasteiger partial charge is 0.360 e. The number of carbonyl (C=O) groups excluding carboxylic acids is 2. The van der Waals surface area contributed by atoms with Crippen molar-refractivity contribution in [1.82, 2.24) is 10.2 Å². The van der Waals surface area contributed by atoms with Gasteiger partial charge in [0.05, 0.1) is 26.2 Å². The van der Waals surface area contributed by atoms with E-state index in [1.54, 1.807) is 6.92 Å². The topological polar surface area (TPSA) is 79.6 Å². The van der Waals surface area contributed by atoms with E-state index in [-0.39, 0.29) is 11.7 Å². The van der Waals surface area contributed by atoms with E-state index >= 15 is 0 Å². The first-order chi connectivity index (χ1) is 12.5. The average Bonchev–Trinajstić information content (AvgIpc) is 3.10. The van der Waals surface area contributed by atoms with Gasteiger partial charge in [0.2, 0.25) is 5.13 Å². The summed E-state index contributed by atoms with van der Waals surface area (Å²) in [6.45, 7) is 7.62. The first-order valence-electron chi connectivity index (χ1n) is 8.87. The van der Waals surface area contributed by atoms with E-state index in [1.807, 2.05) is 31.2 Å². The minimum Gasteiger partial charge on any atom is -0.360 e. The van der Waals surface area contributed by atoms with Gasteiger partial charge in [-0.15, -0.1) is 10.2 Å². The van der Waals surface area contributed by atoms with Crippen LogP contribution in [0.1, 0.15) is 29.2 Å². The number of benzene rings is 1. The first kappa shape index (κ1) is 18.5. The van der Waals surface area contributed by atoms with Crippen molar-refractivity contribution in [3.63, 3.8) is 0 Å². The summed E-state index contributed by atoms with van der Waals surface area (Å²) in [7, 11) is 0. The lowest BCUT2D eigenvalue weighted by Gasteiger charge is -2.33. The number of ketones is 1. The van der Waals surface area contributed by atoms with Crippen molar-refractivity contribution in [2.45, 2.75) is 20.3 Å². The minimum atomic E-state index is -0.0157. The molecule has 1 fully saturated rings. The fourth-order valence-corrected chi connectivity index (χ4v) is 3.70. The van der Waals surface area contributed by atoms with Crippen LogP contribution >= 0.6 is 11.3 Å². The molecule has 0 atom stereocenters. The molecule has 1 aromatic heterocycles. The minimum absolute atomic E-state index is 0.0157. The second-order valence-electron chi connectivity index (χ2n) is 6.42. The maximum absolute atomic E-state index is 12.2. The Morgan fingerprint density at radius 3 is 2.46 bits per heavy atom. The lowest BCUT2D eigenvalue weighted by atomic mass is 10.1.